The van der Waals surface area contributed by atoms with Crippen LogP contribution in [0.25, 0.3) is 0 Å². The number of nitrogens with one attached hydrogen (secondary N) is 2. The van der Waals surface area contributed by atoms with E-state index in [2.05, 4.69) is 10.6 Å². The molecule has 1 rings (SSSR count). The second-order valence-corrected chi connectivity index (χ2v) is 8.31. The first-order chi connectivity index (χ1) is 16.6. The fourth-order valence-electron chi connectivity index (χ4n) is 2.50. The molecular weight excluding hydrogens is 504 g/mol. The van der Waals surface area contributed by atoms with Crippen LogP contribution in [-0.4, -0.2) is 71.8 Å². The van der Waals surface area contributed by atoms with Crippen molar-refractivity contribution in [1.82, 2.24) is 10.6 Å². The van der Waals surface area contributed by atoms with Crippen LogP contribution in [0.5, 0.6) is 0 Å². The number of thioether (sulfide) groups is 1. The third-order valence-electron chi connectivity index (χ3n) is 4.25. The van der Waals surface area contributed by atoms with Gasteiger partial charge in [-0.15, -0.1) is 0 Å². The van der Waals surface area contributed by atoms with Gasteiger partial charge in [-0.3, -0.25) is 29.2 Å². The molecule has 0 fully saturated rings. The van der Waals surface area contributed by atoms with Crippen molar-refractivity contribution in [2.24, 2.45) is 5.73 Å². The van der Waals surface area contributed by atoms with Crippen LogP contribution in [0.4, 0.5) is 10.5 Å². The van der Waals surface area contributed by atoms with Gasteiger partial charge in [-0.25, -0.2) is 0 Å². The smallest absolute Gasteiger partial charge is 0.325 e. The Balaban J connectivity index is 2.76. The largest absolute Gasteiger partial charge is 0.465 e. The first-order valence-corrected chi connectivity index (χ1v) is 12.0. The van der Waals surface area contributed by atoms with E-state index in [0.717, 1.165) is 0 Å². The first-order valence-electron chi connectivity index (χ1n) is 10.6. The van der Waals surface area contributed by atoms with Crippen LogP contribution in [0.15, 0.2) is 24.3 Å². The lowest BCUT2D eigenvalue weighted by Gasteiger charge is -2.20. The van der Waals surface area contributed by atoms with Crippen molar-refractivity contribution < 1.29 is 38.7 Å². The van der Waals surface area contributed by atoms with Gasteiger partial charge in [-0.2, -0.15) is 5.06 Å². The highest BCUT2D eigenvalue weighted by molar-refractivity contribution is 8.13. The number of nitrogens with two attached hydrogens (primary N) is 1. The second kappa shape index (κ2) is 15.9. The molecule has 0 aliphatic heterocycles. The van der Waals surface area contributed by atoms with Crippen molar-refractivity contribution in [2.45, 2.75) is 38.8 Å². The van der Waals surface area contributed by atoms with Gasteiger partial charge in [0.05, 0.1) is 18.9 Å². The van der Waals surface area contributed by atoms with E-state index in [9.17, 15) is 29.2 Å². The van der Waals surface area contributed by atoms with E-state index in [1.807, 2.05) is 0 Å². The topological polar surface area (TPSA) is 177 Å². The van der Waals surface area contributed by atoms with Crippen molar-refractivity contribution in [3.63, 3.8) is 0 Å². The molecule has 0 aliphatic rings. The summed E-state index contributed by atoms with van der Waals surface area (Å²) in [6.07, 6.45) is -0.230. The maximum atomic E-state index is 12.6. The van der Waals surface area contributed by atoms with Gasteiger partial charge >= 0.3 is 17.2 Å². The predicted octanol–water partition coefficient (Wildman–Crippen LogP) is 1.22. The van der Waals surface area contributed by atoms with E-state index in [-0.39, 0.29) is 37.5 Å². The molecule has 1 unspecified atom stereocenters. The zero-order chi connectivity index (χ0) is 26.4. The maximum absolute atomic E-state index is 12.6. The summed E-state index contributed by atoms with van der Waals surface area (Å²) in [5.41, 5.74) is 5.82. The second-order valence-electron chi connectivity index (χ2n) is 6.91. The Bertz CT molecular complexity index is 887. The number of nitrogens with zero attached hydrogens (tertiary/aromatic N) is 1. The van der Waals surface area contributed by atoms with Crippen LogP contribution < -0.4 is 21.4 Å². The zero-order valence-corrected chi connectivity index (χ0v) is 20.9. The van der Waals surface area contributed by atoms with Crippen LogP contribution >= 0.6 is 23.4 Å². The lowest BCUT2D eigenvalue weighted by Crippen LogP contribution is -2.50. The lowest BCUT2D eigenvalue weighted by molar-refractivity contribution is -0.145. The minimum absolute atomic E-state index is 0.0328. The van der Waals surface area contributed by atoms with Gasteiger partial charge in [-0.05, 0) is 44.5 Å². The highest BCUT2D eigenvalue weighted by Gasteiger charge is 2.25. The van der Waals surface area contributed by atoms with Gasteiger partial charge in [0.1, 0.15) is 18.6 Å². The SMILES string of the molecule is CCOC(=O)CNC(=O)[C@H](CSC(=O)N(O)c1ccc(Cl)cc1)NC(=O)CCC(N)C(=O)OCC. The number of amides is 3. The fourth-order valence-corrected chi connectivity index (χ4v) is 3.40. The number of anilines is 1. The van der Waals surface area contributed by atoms with Gasteiger partial charge in [0, 0.05) is 17.2 Å². The van der Waals surface area contributed by atoms with Gasteiger partial charge in [0.15, 0.2) is 0 Å². The van der Waals surface area contributed by atoms with E-state index < -0.39 is 47.6 Å². The van der Waals surface area contributed by atoms with Crippen LogP contribution in [-0.2, 0) is 28.7 Å². The number of hydrogen-bond acceptors (Lipinski definition) is 10. The number of rotatable bonds is 13. The molecular formula is C21H29ClN4O8S. The summed E-state index contributed by atoms with van der Waals surface area (Å²) >= 11 is 6.35. The van der Waals surface area contributed by atoms with E-state index in [1.165, 1.54) is 24.3 Å². The van der Waals surface area contributed by atoms with E-state index >= 15 is 0 Å². The van der Waals surface area contributed by atoms with Gasteiger partial charge < -0.3 is 25.8 Å². The Morgan fingerprint density at radius 1 is 1.11 bits per heavy atom. The molecule has 12 nitrogen and oxygen atoms in total. The molecule has 0 spiro atoms. The molecule has 2 atom stereocenters. The molecule has 0 saturated carbocycles. The molecule has 1 aromatic rings. The number of esters is 2. The van der Waals surface area contributed by atoms with E-state index in [4.69, 9.17) is 26.8 Å². The van der Waals surface area contributed by atoms with Crippen molar-refractivity contribution in [3.05, 3.63) is 29.3 Å². The number of carbonyl (C=O) groups is 5. The molecule has 5 N–H and O–H groups in total. The summed E-state index contributed by atoms with van der Waals surface area (Å²) < 4.78 is 9.52. The molecule has 194 valence electrons. The van der Waals surface area contributed by atoms with Crippen molar-refractivity contribution in [1.29, 1.82) is 0 Å². The molecule has 3 amide bonds. The summed E-state index contributed by atoms with van der Waals surface area (Å²) in [4.78, 5) is 60.4. The highest BCUT2D eigenvalue weighted by atomic mass is 35.5. The fraction of sp³-hybridized carbons (Fsp3) is 0.476. The number of hydroxylamine groups is 1. The number of halogens is 1. The average molecular weight is 533 g/mol. The summed E-state index contributed by atoms with van der Waals surface area (Å²) in [7, 11) is 0. The molecule has 1 aromatic carbocycles. The maximum Gasteiger partial charge on any atom is 0.325 e. The Labute approximate surface area is 211 Å². The standard InChI is InChI=1S/C21H29ClN4O8S/c1-3-33-18(28)11-24-19(29)16(25-17(27)10-9-15(23)20(30)34-4-2)12-35-21(31)26(32)14-7-5-13(22)6-8-14/h5-8,15-16,32H,3-4,9-12,23H2,1-2H3,(H,24,29)(H,25,27)/t15?,16-/m0/s1. The molecule has 14 heteroatoms. The van der Waals surface area contributed by atoms with Crippen LogP contribution in [0, 0.1) is 0 Å². The Morgan fingerprint density at radius 2 is 1.74 bits per heavy atom. The third kappa shape index (κ3) is 11.4. The van der Waals surface area contributed by atoms with Crippen LogP contribution in [0.3, 0.4) is 0 Å². The Kier molecular flexibility index (Phi) is 13.7. The molecule has 0 aliphatic carbocycles. The molecule has 35 heavy (non-hydrogen) atoms. The summed E-state index contributed by atoms with van der Waals surface area (Å²) in [6.45, 7) is 3.05. The van der Waals surface area contributed by atoms with Crippen molar-refractivity contribution in [3.8, 4) is 0 Å². The lowest BCUT2D eigenvalue weighted by atomic mass is 10.1. The number of benzene rings is 1. The highest BCUT2D eigenvalue weighted by Crippen LogP contribution is 2.20. The van der Waals surface area contributed by atoms with E-state index in [1.54, 1.807) is 13.8 Å². The first kappa shape index (κ1) is 30.2. The molecule has 0 radical (unpaired) electrons. The minimum atomic E-state index is -1.25. The van der Waals surface area contributed by atoms with Crippen LogP contribution in [0.1, 0.15) is 26.7 Å². The van der Waals surface area contributed by atoms with Crippen molar-refractivity contribution in [2.75, 3.05) is 30.6 Å². The minimum Gasteiger partial charge on any atom is -0.465 e. The monoisotopic (exact) mass is 532 g/mol. The quantitative estimate of drug-likeness (QED) is 0.164. The molecule has 0 bridgehead atoms. The zero-order valence-electron chi connectivity index (χ0n) is 19.3. The third-order valence-corrected chi connectivity index (χ3v) is 5.43. The average Bonchev–Trinajstić information content (AvgIpc) is 2.83. The summed E-state index contributed by atoms with van der Waals surface area (Å²) in [6, 6.07) is 3.52. The number of ether oxygens (including phenoxy) is 2. The Hall–Kier alpha value is -2.87. The van der Waals surface area contributed by atoms with E-state index in [0.29, 0.717) is 21.8 Å². The molecule has 0 saturated heterocycles. The normalized spacial score (nSPS) is 12.1. The van der Waals surface area contributed by atoms with Crippen LogP contribution in [0.2, 0.25) is 5.02 Å². The van der Waals surface area contributed by atoms with Crippen molar-refractivity contribution >= 4 is 58.0 Å². The molecule has 0 heterocycles. The molecule has 0 aromatic heterocycles. The summed E-state index contributed by atoms with van der Waals surface area (Å²) in [5.74, 6) is -2.98. The van der Waals surface area contributed by atoms with Gasteiger partial charge in [0.25, 0.3) is 0 Å². The summed E-state index contributed by atoms with van der Waals surface area (Å²) in [5, 5.41) is 14.8. The van der Waals surface area contributed by atoms with Gasteiger partial charge in [-0.1, -0.05) is 23.4 Å². The number of carbonyl (C=O) groups excluding carboxylic acids is 5. The predicted molar refractivity (Wildman–Crippen MR) is 129 cm³/mol. The Morgan fingerprint density at radius 3 is 2.34 bits per heavy atom. The number of hydrogen-bond donors (Lipinski definition) is 4. The van der Waals surface area contributed by atoms with Gasteiger partial charge in [0.2, 0.25) is 11.8 Å².